The van der Waals surface area contributed by atoms with Gasteiger partial charge in [-0.1, -0.05) is 49.6 Å². The average Bonchev–Trinajstić information content (AvgIpc) is 3.11. The van der Waals surface area contributed by atoms with Crippen molar-refractivity contribution in [3.05, 3.63) is 42.1 Å². The van der Waals surface area contributed by atoms with Crippen LogP contribution in [0.15, 0.2) is 42.1 Å². The van der Waals surface area contributed by atoms with Gasteiger partial charge in [-0.3, -0.25) is 0 Å². The van der Waals surface area contributed by atoms with Crippen LogP contribution in [0.2, 0.25) is 0 Å². The minimum atomic E-state index is 0.322. The van der Waals surface area contributed by atoms with Crippen LogP contribution in [0.25, 0.3) is 11.4 Å². The molecule has 1 saturated carbocycles. The first-order chi connectivity index (χ1) is 12.3. The predicted octanol–water partition coefficient (Wildman–Crippen LogP) is 4.24. The van der Waals surface area contributed by atoms with E-state index in [2.05, 4.69) is 28.4 Å². The Labute approximate surface area is 149 Å². The fourth-order valence-electron chi connectivity index (χ4n) is 3.72. The summed E-state index contributed by atoms with van der Waals surface area (Å²) in [5.74, 6) is 2.27. The molecule has 2 heterocycles. The summed E-state index contributed by atoms with van der Waals surface area (Å²) in [6, 6.07) is 10.1. The summed E-state index contributed by atoms with van der Waals surface area (Å²) in [5.41, 5.74) is 2.12. The Morgan fingerprint density at radius 2 is 2.00 bits per heavy atom. The zero-order valence-electron chi connectivity index (χ0n) is 14.8. The second kappa shape index (κ2) is 7.40. The highest BCUT2D eigenvalue weighted by Crippen LogP contribution is 2.28. The van der Waals surface area contributed by atoms with Gasteiger partial charge >= 0.3 is 0 Å². The third-order valence-corrected chi connectivity index (χ3v) is 5.30. The predicted molar refractivity (Wildman–Crippen MR) is 99.2 cm³/mol. The van der Waals surface area contributed by atoms with E-state index in [-0.39, 0.29) is 0 Å². The summed E-state index contributed by atoms with van der Waals surface area (Å²) in [6.07, 6.45) is 9.17. The van der Waals surface area contributed by atoms with Crippen molar-refractivity contribution < 1.29 is 4.74 Å². The largest absolute Gasteiger partial charge is 0.372 e. The lowest BCUT2D eigenvalue weighted by molar-refractivity contribution is 0.0256. The first-order valence-corrected chi connectivity index (χ1v) is 9.37. The molecule has 0 bridgehead atoms. The number of fused-ring (bicyclic) bond motifs is 1. The van der Waals surface area contributed by atoms with Crippen molar-refractivity contribution in [3.8, 4) is 11.4 Å². The Morgan fingerprint density at radius 1 is 1.20 bits per heavy atom. The fourth-order valence-corrected chi connectivity index (χ4v) is 3.72. The quantitative estimate of drug-likeness (QED) is 0.886. The molecule has 5 nitrogen and oxygen atoms in total. The molecule has 1 aliphatic heterocycles. The van der Waals surface area contributed by atoms with E-state index in [0.29, 0.717) is 18.6 Å². The summed E-state index contributed by atoms with van der Waals surface area (Å²) >= 11 is 0. The number of allylic oxidation sites excluding steroid dienone is 1. The summed E-state index contributed by atoms with van der Waals surface area (Å²) < 4.78 is 8.04. The molecule has 5 heteroatoms. The van der Waals surface area contributed by atoms with Gasteiger partial charge in [-0.25, -0.2) is 4.68 Å². The molecule has 0 radical (unpaired) electrons. The second-order valence-corrected chi connectivity index (χ2v) is 7.08. The van der Waals surface area contributed by atoms with Gasteiger partial charge in [0, 0.05) is 11.3 Å². The van der Waals surface area contributed by atoms with Gasteiger partial charge in [-0.05, 0) is 31.8 Å². The highest BCUT2D eigenvalue weighted by Gasteiger charge is 2.22. The van der Waals surface area contributed by atoms with E-state index in [1.165, 1.54) is 32.1 Å². The topological polar surface area (TPSA) is 52.0 Å². The Balaban J connectivity index is 1.35. The Kier molecular flexibility index (Phi) is 4.83. The number of hydrogen-bond acceptors (Lipinski definition) is 4. The van der Waals surface area contributed by atoms with Crippen LogP contribution >= 0.6 is 0 Å². The molecule has 132 valence electrons. The number of aromatic nitrogens is 3. The smallest absolute Gasteiger partial charge is 0.226 e. The third kappa shape index (κ3) is 3.76. The zero-order chi connectivity index (χ0) is 17.1. The van der Waals surface area contributed by atoms with Gasteiger partial charge in [0.05, 0.1) is 19.3 Å². The molecule has 1 atom stereocenters. The van der Waals surface area contributed by atoms with Crippen LogP contribution in [-0.4, -0.2) is 27.5 Å². The van der Waals surface area contributed by atoms with E-state index < -0.39 is 0 Å². The molecule has 4 rings (SSSR count). The molecule has 1 fully saturated rings. The molecule has 0 amide bonds. The molecular weight excluding hydrogens is 312 g/mol. The van der Waals surface area contributed by atoms with Crippen LogP contribution in [-0.2, 0) is 11.3 Å². The number of rotatable bonds is 5. The maximum absolute atomic E-state index is 6.14. The fraction of sp³-hybridized carbons (Fsp3) is 0.500. The van der Waals surface area contributed by atoms with Gasteiger partial charge in [0.1, 0.15) is 0 Å². The van der Waals surface area contributed by atoms with Crippen molar-refractivity contribution in [1.29, 1.82) is 0 Å². The first kappa shape index (κ1) is 16.3. The number of nitrogens with zero attached hydrogens (tertiary/aromatic N) is 3. The highest BCUT2D eigenvalue weighted by atomic mass is 16.5. The molecule has 1 aromatic heterocycles. The molecular formula is C20H26N4O. The van der Waals surface area contributed by atoms with Gasteiger partial charge in [0.15, 0.2) is 5.82 Å². The second-order valence-electron chi connectivity index (χ2n) is 7.08. The molecule has 1 aliphatic carbocycles. The number of ether oxygens (including phenoxy) is 1. The molecule has 2 aromatic rings. The van der Waals surface area contributed by atoms with Crippen LogP contribution in [0.4, 0.5) is 5.95 Å². The van der Waals surface area contributed by atoms with E-state index >= 15 is 0 Å². The van der Waals surface area contributed by atoms with Crippen LogP contribution in [0.1, 0.15) is 39.0 Å². The lowest BCUT2D eigenvalue weighted by atomic mass is 9.86. The van der Waals surface area contributed by atoms with Crippen molar-refractivity contribution in [2.45, 2.75) is 51.7 Å². The maximum Gasteiger partial charge on any atom is 0.226 e. The van der Waals surface area contributed by atoms with Gasteiger partial charge in [-0.2, -0.15) is 4.98 Å². The number of hydrogen-bond donors (Lipinski definition) is 1. The van der Waals surface area contributed by atoms with Crippen molar-refractivity contribution in [2.75, 3.05) is 11.9 Å². The summed E-state index contributed by atoms with van der Waals surface area (Å²) in [7, 11) is 0. The molecule has 1 aromatic carbocycles. The Morgan fingerprint density at radius 3 is 2.80 bits per heavy atom. The lowest BCUT2D eigenvalue weighted by Crippen LogP contribution is -2.26. The van der Waals surface area contributed by atoms with Crippen molar-refractivity contribution >= 4 is 5.95 Å². The molecule has 1 unspecified atom stereocenters. The highest BCUT2D eigenvalue weighted by molar-refractivity contribution is 5.57. The minimum absolute atomic E-state index is 0.322. The standard InChI is InChI=1S/C20H26N4O/c1-15(16-8-4-2-5-9-16)25-14-18-12-13-24-20(21-18)22-19(23-24)17-10-6-3-7-11-17/h3,6-7,10-12,15-16H,2,4-5,8-9,13-14H2,1H3,(H,21,22,23). The van der Waals surface area contributed by atoms with Crippen molar-refractivity contribution in [1.82, 2.24) is 14.8 Å². The van der Waals surface area contributed by atoms with Crippen molar-refractivity contribution in [2.24, 2.45) is 5.92 Å². The SMILES string of the molecule is CC(OCC1=CCn2nc(-c3ccccc3)nc2N1)C1CCCCC1. The lowest BCUT2D eigenvalue weighted by Gasteiger charge is -2.28. The molecule has 1 N–H and O–H groups in total. The minimum Gasteiger partial charge on any atom is -0.372 e. The van der Waals surface area contributed by atoms with E-state index in [1.807, 2.05) is 35.0 Å². The van der Waals surface area contributed by atoms with Crippen LogP contribution in [0.3, 0.4) is 0 Å². The molecule has 0 saturated heterocycles. The zero-order valence-corrected chi connectivity index (χ0v) is 14.8. The molecule has 2 aliphatic rings. The van der Waals surface area contributed by atoms with Crippen LogP contribution < -0.4 is 5.32 Å². The third-order valence-electron chi connectivity index (χ3n) is 5.30. The van der Waals surface area contributed by atoms with Gasteiger partial charge in [0.25, 0.3) is 0 Å². The number of nitrogens with one attached hydrogen (secondary N) is 1. The van der Waals surface area contributed by atoms with Crippen LogP contribution in [0.5, 0.6) is 0 Å². The summed E-state index contributed by atoms with van der Waals surface area (Å²) in [4.78, 5) is 4.63. The number of benzene rings is 1. The Bertz CT molecular complexity index is 731. The molecule has 0 spiro atoms. The van der Waals surface area contributed by atoms with E-state index in [9.17, 15) is 0 Å². The average molecular weight is 338 g/mol. The van der Waals surface area contributed by atoms with Gasteiger partial charge in [0.2, 0.25) is 5.95 Å². The normalized spacial score (nSPS) is 19.0. The summed E-state index contributed by atoms with van der Waals surface area (Å²) in [6.45, 7) is 3.57. The van der Waals surface area contributed by atoms with Crippen LogP contribution in [0, 0.1) is 5.92 Å². The maximum atomic E-state index is 6.14. The Hall–Kier alpha value is -2.14. The molecule has 25 heavy (non-hydrogen) atoms. The van der Waals surface area contributed by atoms with Gasteiger partial charge in [-0.15, -0.1) is 5.10 Å². The van der Waals surface area contributed by atoms with Crippen molar-refractivity contribution in [3.63, 3.8) is 0 Å². The number of anilines is 1. The van der Waals surface area contributed by atoms with E-state index in [1.54, 1.807) is 0 Å². The first-order valence-electron chi connectivity index (χ1n) is 9.37. The van der Waals surface area contributed by atoms with Gasteiger partial charge < -0.3 is 10.1 Å². The van der Waals surface area contributed by atoms with E-state index in [0.717, 1.165) is 29.6 Å². The monoisotopic (exact) mass is 338 g/mol. The van der Waals surface area contributed by atoms with E-state index in [4.69, 9.17) is 4.74 Å². The summed E-state index contributed by atoms with van der Waals surface area (Å²) in [5, 5.41) is 7.95.